The van der Waals surface area contributed by atoms with E-state index in [1.807, 2.05) is 60.7 Å². The summed E-state index contributed by atoms with van der Waals surface area (Å²) < 4.78 is 17.5. The highest BCUT2D eigenvalue weighted by molar-refractivity contribution is 5.89. The highest BCUT2D eigenvalue weighted by Gasteiger charge is 2.27. The topological polar surface area (TPSA) is 68.3 Å². The molecule has 5 heteroatoms. The number of ether oxygens (including phenoxy) is 3. The number of carboxylic acid groups (broad SMARTS) is 1. The average molecular weight is 390 g/mol. The number of hydrogen-bond donors (Lipinski definition) is 1. The van der Waals surface area contributed by atoms with Gasteiger partial charge in [-0.2, -0.15) is 0 Å². The van der Waals surface area contributed by atoms with E-state index in [4.69, 9.17) is 14.2 Å². The molecule has 1 N–H and O–H groups in total. The van der Waals surface area contributed by atoms with Gasteiger partial charge in [0.25, 0.3) is 0 Å². The molecule has 1 aliphatic heterocycles. The Morgan fingerprint density at radius 1 is 0.897 bits per heavy atom. The number of benzene rings is 3. The van der Waals surface area contributed by atoms with Crippen molar-refractivity contribution < 1.29 is 24.1 Å². The van der Waals surface area contributed by atoms with E-state index in [9.17, 15) is 9.90 Å². The van der Waals surface area contributed by atoms with Crippen LogP contribution < -0.4 is 9.47 Å². The van der Waals surface area contributed by atoms with Gasteiger partial charge in [0.1, 0.15) is 24.7 Å². The molecular weight excluding hydrogens is 368 g/mol. The lowest BCUT2D eigenvalue weighted by Gasteiger charge is -2.17. The van der Waals surface area contributed by atoms with Crippen LogP contribution in [0.5, 0.6) is 11.5 Å². The number of epoxide rings is 1. The summed E-state index contributed by atoms with van der Waals surface area (Å²) in [5.41, 5.74) is 2.99. The second-order valence-electron chi connectivity index (χ2n) is 6.96. The third-order valence-corrected chi connectivity index (χ3v) is 4.72. The molecule has 4 rings (SSSR count). The Kier molecular flexibility index (Phi) is 5.77. The molecule has 1 aliphatic rings. The zero-order chi connectivity index (χ0) is 20.1. The van der Waals surface area contributed by atoms with E-state index >= 15 is 0 Å². The molecule has 5 nitrogen and oxygen atoms in total. The van der Waals surface area contributed by atoms with Crippen LogP contribution in [-0.2, 0) is 24.4 Å². The van der Waals surface area contributed by atoms with Crippen LogP contribution in [0.4, 0.5) is 0 Å². The Morgan fingerprint density at radius 3 is 1.79 bits per heavy atom. The first kappa shape index (κ1) is 19.0. The van der Waals surface area contributed by atoms with Crippen molar-refractivity contribution in [1.29, 1.82) is 0 Å². The maximum atomic E-state index is 11.7. The molecule has 0 aromatic heterocycles. The predicted octanol–water partition coefficient (Wildman–Crippen LogP) is 4.48. The first-order valence-electron chi connectivity index (χ1n) is 9.54. The second kappa shape index (κ2) is 8.80. The standard InChI is InChI=1S/C24H22O5/c25-24(26)19-11-22(28-14-17-7-3-1-4-8-17)21(13-20-16-27-20)23(12-19)29-15-18-9-5-2-6-10-18/h1-12,20H,13-16H2,(H,25,26). The van der Waals surface area contributed by atoms with Crippen LogP contribution in [0.3, 0.4) is 0 Å². The molecule has 3 aromatic carbocycles. The summed E-state index contributed by atoms with van der Waals surface area (Å²) in [7, 11) is 0. The molecule has 3 aromatic rings. The van der Waals surface area contributed by atoms with Gasteiger partial charge in [-0.25, -0.2) is 4.79 Å². The van der Waals surface area contributed by atoms with Crippen LogP contribution in [0.2, 0.25) is 0 Å². The third kappa shape index (κ3) is 5.15. The van der Waals surface area contributed by atoms with Gasteiger partial charge in [-0.15, -0.1) is 0 Å². The molecule has 1 heterocycles. The number of carbonyl (C=O) groups is 1. The second-order valence-corrected chi connectivity index (χ2v) is 6.96. The van der Waals surface area contributed by atoms with E-state index in [1.54, 1.807) is 12.1 Å². The van der Waals surface area contributed by atoms with Crippen LogP contribution in [-0.4, -0.2) is 23.8 Å². The number of rotatable bonds is 9. The third-order valence-electron chi connectivity index (χ3n) is 4.72. The monoisotopic (exact) mass is 390 g/mol. The van der Waals surface area contributed by atoms with Crippen LogP contribution in [0.25, 0.3) is 0 Å². The van der Waals surface area contributed by atoms with Gasteiger partial charge in [0, 0.05) is 12.0 Å². The van der Waals surface area contributed by atoms with Crippen molar-refractivity contribution in [2.24, 2.45) is 0 Å². The first-order chi connectivity index (χ1) is 14.2. The lowest BCUT2D eigenvalue weighted by atomic mass is 10.0. The lowest BCUT2D eigenvalue weighted by molar-refractivity contribution is 0.0695. The van der Waals surface area contributed by atoms with E-state index in [0.29, 0.717) is 37.7 Å². The smallest absolute Gasteiger partial charge is 0.335 e. The Labute approximate surface area is 169 Å². The van der Waals surface area contributed by atoms with Crippen molar-refractivity contribution in [2.75, 3.05) is 6.61 Å². The highest BCUT2D eigenvalue weighted by Crippen LogP contribution is 2.35. The number of carboxylic acids is 1. The molecule has 148 valence electrons. The summed E-state index contributed by atoms with van der Waals surface area (Å²) in [4.78, 5) is 11.7. The molecule has 1 fully saturated rings. The van der Waals surface area contributed by atoms with Gasteiger partial charge in [-0.05, 0) is 23.3 Å². The molecule has 1 saturated heterocycles. The summed E-state index contributed by atoms with van der Waals surface area (Å²) >= 11 is 0. The minimum absolute atomic E-state index is 0.115. The van der Waals surface area contributed by atoms with Crippen molar-refractivity contribution in [3.05, 3.63) is 95.1 Å². The SMILES string of the molecule is O=C(O)c1cc(OCc2ccccc2)c(CC2CO2)c(OCc2ccccc2)c1. The van der Waals surface area contributed by atoms with E-state index in [0.717, 1.165) is 16.7 Å². The molecule has 0 amide bonds. The predicted molar refractivity (Wildman–Crippen MR) is 108 cm³/mol. The Balaban J connectivity index is 1.63. The first-order valence-corrected chi connectivity index (χ1v) is 9.54. The molecule has 1 atom stereocenters. The molecule has 0 radical (unpaired) electrons. The summed E-state index contributed by atoms with van der Waals surface area (Å²) in [6, 6.07) is 22.7. The number of hydrogen-bond acceptors (Lipinski definition) is 4. The fourth-order valence-corrected chi connectivity index (χ4v) is 3.09. The minimum atomic E-state index is -1.02. The molecular formula is C24H22O5. The molecule has 29 heavy (non-hydrogen) atoms. The van der Waals surface area contributed by atoms with Crippen LogP contribution in [0.15, 0.2) is 72.8 Å². The van der Waals surface area contributed by atoms with Gasteiger partial charge in [-0.3, -0.25) is 0 Å². The quantitative estimate of drug-likeness (QED) is 0.546. The van der Waals surface area contributed by atoms with Crippen LogP contribution in [0, 0.1) is 0 Å². The van der Waals surface area contributed by atoms with Gasteiger partial charge < -0.3 is 19.3 Å². The Hall–Kier alpha value is -3.31. The van der Waals surface area contributed by atoms with Gasteiger partial charge in [0.2, 0.25) is 0 Å². The maximum Gasteiger partial charge on any atom is 0.335 e. The van der Waals surface area contributed by atoms with Crippen molar-refractivity contribution in [2.45, 2.75) is 25.7 Å². The largest absolute Gasteiger partial charge is 0.488 e. The fraction of sp³-hybridized carbons (Fsp3) is 0.208. The van der Waals surface area contributed by atoms with Crippen molar-refractivity contribution >= 4 is 5.97 Å². The Bertz CT molecular complexity index is 901. The molecule has 0 aliphatic carbocycles. The minimum Gasteiger partial charge on any atom is -0.488 e. The zero-order valence-corrected chi connectivity index (χ0v) is 15.9. The molecule has 1 unspecified atom stereocenters. The lowest BCUT2D eigenvalue weighted by Crippen LogP contribution is -2.08. The zero-order valence-electron chi connectivity index (χ0n) is 15.9. The van der Waals surface area contributed by atoms with Gasteiger partial charge in [0.05, 0.1) is 18.3 Å². The summed E-state index contributed by atoms with van der Waals surface area (Å²) in [6.07, 6.45) is 0.734. The van der Waals surface area contributed by atoms with E-state index in [1.165, 1.54) is 0 Å². The van der Waals surface area contributed by atoms with Gasteiger partial charge in [-0.1, -0.05) is 60.7 Å². The average Bonchev–Trinajstić information content (AvgIpc) is 3.57. The molecule has 0 bridgehead atoms. The van der Waals surface area contributed by atoms with Crippen LogP contribution in [0.1, 0.15) is 27.0 Å². The van der Waals surface area contributed by atoms with Crippen molar-refractivity contribution in [3.8, 4) is 11.5 Å². The van der Waals surface area contributed by atoms with Crippen molar-refractivity contribution in [3.63, 3.8) is 0 Å². The fourth-order valence-electron chi connectivity index (χ4n) is 3.09. The summed E-state index contributed by atoms with van der Waals surface area (Å²) in [5, 5.41) is 9.55. The molecule has 0 spiro atoms. The highest BCUT2D eigenvalue weighted by atomic mass is 16.6. The van der Waals surface area contributed by atoms with E-state index in [-0.39, 0.29) is 11.7 Å². The van der Waals surface area contributed by atoms with Crippen LogP contribution >= 0.6 is 0 Å². The van der Waals surface area contributed by atoms with Gasteiger partial charge in [0.15, 0.2) is 0 Å². The normalized spacial score (nSPS) is 15.0. The summed E-state index contributed by atoms with van der Waals surface area (Å²) in [5.74, 6) is 0.0213. The van der Waals surface area contributed by atoms with E-state index in [2.05, 4.69) is 0 Å². The van der Waals surface area contributed by atoms with Gasteiger partial charge >= 0.3 is 5.97 Å². The van der Waals surface area contributed by atoms with Crippen molar-refractivity contribution in [1.82, 2.24) is 0 Å². The summed E-state index contributed by atoms with van der Waals surface area (Å²) in [6.45, 7) is 1.39. The van der Waals surface area contributed by atoms with E-state index < -0.39 is 5.97 Å². The Morgan fingerprint density at radius 2 is 1.38 bits per heavy atom. The number of aromatic carboxylic acids is 1. The molecule has 0 saturated carbocycles. The maximum absolute atomic E-state index is 11.7.